The van der Waals surface area contributed by atoms with Gasteiger partial charge in [0.25, 0.3) is 0 Å². The topological polar surface area (TPSA) is 56.5 Å². The first-order chi connectivity index (χ1) is 11.7. The molecule has 0 spiro atoms. The van der Waals surface area contributed by atoms with E-state index < -0.39 is 9.73 Å². The Bertz CT molecular complexity index is 886. The average molecular weight is 358 g/mol. The predicted octanol–water partition coefficient (Wildman–Crippen LogP) is 4.54. The van der Waals surface area contributed by atoms with Gasteiger partial charge in [0.05, 0.1) is 26.7 Å². The third-order valence-corrected chi connectivity index (χ3v) is 5.56. The molecule has 0 aliphatic rings. The van der Waals surface area contributed by atoms with Gasteiger partial charge in [-0.2, -0.15) is 0 Å². The van der Waals surface area contributed by atoms with Crippen molar-refractivity contribution in [3.8, 4) is 0 Å². The minimum absolute atomic E-state index is 0.624. The average Bonchev–Trinajstić information content (AvgIpc) is 2.55. The molecule has 0 saturated carbocycles. The Morgan fingerprint density at radius 2 is 1.84 bits per heavy atom. The molecule has 0 fully saturated rings. The molecule has 0 aliphatic carbocycles. The fraction of sp³-hybridized carbons (Fsp3) is 0.350. The van der Waals surface area contributed by atoms with Crippen LogP contribution in [0.4, 0.5) is 5.69 Å². The Hall–Kier alpha value is -2.14. The molecule has 134 valence electrons. The Balaban J connectivity index is 2.37. The number of hydrogen-bond donors (Lipinski definition) is 1. The largest absolute Gasteiger partial charge is 0.366 e. The molecule has 1 N–H and O–H groups in total. The van der Waals surface area contributed by atoms with Gasteiger partial charge in [0.2, 0.25) is 0 Å². The summed E-state index contributed by atoms with van der Waals surface area (Å²) in [5.41, 5.74) is 5.36. The van der Waals surface area contributed by atoms with Crippen LogP contribution in [-0.4, -0.2) is 35.3 Å². The first-order valence-electron chi connectivity index (χ1n) is 8.38. The zero-order valence-electron chi connectivity index (χ0n) is 15.7. The second-order valence-corrected chi connectivity index (χ2v) is 8.64. The molecule has 2 rings (SSSR count). The highest BCUT2D eigenvalue weighted by Crippen LogP contribution is 2.27. The Labute approximate surface area is 151 Å². The molecule has 0 aromatic heterocycles. The van der Waals surface area contributed by atoms with E-state index in [1.54, 1.807) is 6.07 Å². The Kier molecular flexibility index (Phi) is 6.01. The van der Waals surface area contributed by atoms with E-state index in [4.69, 9.17) is 4.78 Å². The summed E-state index contributed by atoms with van der Waals surface area (Å²) in [6, 6.07) is 11.8. The number of aryl methyl sites for hydroxylation is 2. The molecule has 2 aromatic rings. The van der Waals surface area contributed by atoms with E-state index in [1.165, 1.54) is 11.8 Å². The van der Waals surface area contributed by atoms with Gasteiger partial charge in [-0.3, -0.25) is 0 Å². The summed E-state index contributed by atoms with van der Waals surface area (Å²) in [5, 5.41) is 0. The third kappa shape index (κ3) is 4.92. The number of nitrogens with zero attached hydrogens (tertiary/aromatic N) is 2. The maximum atomic E-state index is 12.2. The van der Waals surface area contributed by atoms with Crippen molar-refractivity contribution in [2.45, 2.75) is 32.1 Å². The van der Waals surface area contributed by atoms with Crippen LogP contribution in [0, 0.1) is 18.6 Å². The lowest BCUT2D eigenvalue weighted by molar-refractivity contribution is 0.552. The van der Waals surface area contributed by atoms with E-state index in [9.17, 15) is 4.21 Å². The SMILES string of the molecule is CCN(C)C=Nc1cc(C)c(Cc2ccccc2S(C)(=N)=O)cc1C. The predicted molar refractivity (Wildman–Crippen MR) is 107 cm³/mol. The van der Waals surface area contributed by atoms with Crippen LogP contribution in [0.1, 0.15) is 29.2 Å². The highest BCUT2D eigenvalue weighted by Gasteiger charge is 2.12. The molecular formula is C20H27N3OS. The number of hydrogen-bond acceptors (Lipinski definition) is 3. The second kappa shape index (κ2) is 7.83. The minimum Gasteiger partial charge on any atom is -0.366 e. The summed E-state index contributed by atoms with van der Waals surface area (Å²) in [6.45, 7) is 7.13. The first kappa shape index (κ1) is 19.2. The highest BCUT2D eigenvalue weighted by atomic mass is 32.2. The summed E-state index contributed by atoms with van der Waals surface area (Å²) in [7, 11) is -0.735. The van der Waals surface area contributed by atoms with Crippen molar-refractivity contribution >= 4 is 21.8 Å². The van der Waals surface area contributed by atoms with Crippen molar-refractivity contribution in [2.75, 3.05) is 19.8 Å². The molecule has 25 heavy (non-hydrogen) atoms. The van der Waals surface area contributed by atoms with Gasteiger partial charge in [-0.05, 0) is 61.6 Å². The standard InChI is InChI=1S/C20H27N3OS/c1-6-23(4)14-22-19-12-15(2)18(11-16(19)3)13-17-9-7-8-10-20(17)25(5,21)24/h7-12,14,21H,6,13H2,1-5H3. The summed E-state index contributed by atoms with van der Waals surface area (Å²) < 4.78 is 20.2. The van der Waals surface area contributed by atoms with Crippen LogP contribution >= 0.6 is 0 Å². The van der Waals surface area contributed by atoms with Gasteiger partial charge in [-0.25, -0.2) is 14.0 Å². The maximum absolute atomic E-state index is 12.2. The van der Waals surface area contributed by atoms with Crippen LogP contribution < -0.4 is 0 Å². The molecule has 0 amide bonds. The van der Waals surface area contributed by atoms with Crippen LogP contribution in [0.25, 0.3) is 0 Å². The van der Waals surface area contributed by atoms with Crippen molar-refractivity contribution in [3.63, 3.8) is 0 Å². The van der Waals surface area contributed by atoms with E-state index >= 15 is 0 Å². The highest BCUT2D eigenvalue weighted by molar-refractivity contribution is 7.91. The second-order valence-electron chi connectivity index (χ2n) is 6.51. The smallest absolute Gasteiger partial charge is 0.0909 e. The third-order valence-electron chi connectivity index (χ3n) is 4.32. The van der Waals surface area contributed by atoms with Crippen LogP contribution in [0.5, 0.6) is 0 Å². The fourth-order valence-corrected chi connectivity index (χ4v) is 3.65. The van der Waals surface area contributed by atoms with E-state index in [0.29, 0.717) is 11.3 Å². The van der Waals surface area contributed by atoms with Gasteiger partial charge in [-0.15, -0.1) is 0 Å². The van der Waals surface area contributed by atoms with Gasteiger partial charge in [0.1, 0.15) is 0 Å². The van der Waals surface area contributed by atoms with Crippen molar-refractivity contribution in [3.05, 3.63) is 58.7 Å². The van der Waals surface area contributed by atoms with Crippen LogP contribution in [0.3, 0.4) is 0 Å². The lowest BCUT2D eigenvalue weighted by Crippen LogP contribution is -2.14. The molecular weight excluding hydrogens is 330 g/mol. The summed E-state index contributed by atoms with van der Waals surface area (Å²) in [5.74, 6) is 0. The van der Waals surface area contributed by atoms with Crippen molar-refractivity contribution in [1.82, 2.24) is 4.90 Å². The van der Waals surface area contributed by atoms with Gasteiger partial charge in [-0.1, -0.05) is 24.3 Å². The molecule has 0 heterocycles. The number of rotatable bonds is 6. The molecule has 1 unspecified atom stereocenters. The molecule has 0 radical (unpaired) electrons. The molecule has 0 bridgehead atoms. The normalized spacial score (nSPS) is 13.8. The maximum Gasteiger partial charge on any atom is 0.0909 e. The first-order valence-corrected chi connectivity index (χ1v) is 10.3. The van der Waals surface area contributed by atoms with Gasteiger partial charge in [0, 0.05) is 19.8 Å². The zero-order chi connectivity index (χ0) is 18.6. The van der Waals surface area contributed by atoms with E-state index in [1.807, 2.05) is 36.5 Å². The fourth-order valence-electron chi connectivity index (χ4n) is 2.67. The van der Waals surface area contributed by atoms with Crippen LogP contribution in [0.15, 0.2) is 46.3 Å². The Morgan fingerprint density at radius 3 is 2.48 bits per heavy atom. The van der Waals surface area contributed by atoms with Crippen molar-refractivity contribution in [1.29, 1.82) is 4.78 Å². The quantitative estimate of drug-likeness (QED) is 0.609. The summed E-state index contributed by atoms with van der Waals surface area (Å²) >= 11 is 0. The van der Waals surface area contributed by atoms with E-state index in [-0.39, 0.29) is 0 Å². The van der Waals surface area contributed by atoms with E-state index in [2.05, 4.69) is 37.9 Å². The van der Waals surface area contributed by atoms with E-state index in [0.717, 1.165) is 28.9 Å². The molecule has 5 heteroatoms. The summed E-state index contributed by atoms with van der Waals surface area (Å²) in [6.07, 6.45) is 4.00. The number of aliphatic imine (C=N–C) groups is 1. The molecule has 0 aliphatic heterocycles. The van der Waals surface area contributed by atoms with Crippen molar-refractivity contribution < 1.29 is 4.21 Å². The summed E-state index contributed by atoms with van der Waals surface area (Å²) in [4.78, 5) is 7.22. The van der Waals surface area contributed by atoms with Crippen LogP contribution in [-0.2, 0) is 16.1 Å². The number of benzene rings is 2. The number of nitrogens with one attached hydrogen (secondary N) is 1. The van der Waals surface area contributed by atoms with Gasteiger partial charge in [0.15, 0.2) is 0 Å². The van der Waals surface area contributed by atoms with Gasteiger partial charge >= 0.3 is 0 Å². The lowest BCUT2D eigenvalue weighted by atomic mass is 9.97. The zero-order valence-corrected chi connectivity index (χ0v) is 16.5. The lowest BCUT2D eigenvalue weighted by Gasteiger charge is -2.14. The molecule has 2 aromatic carbocycles. The monoisotopic (exact) mass is 357 g/mol. The molecule has 4 nitrogen and oxygen atoms in total. The molecule has 0 saturated heterocycles. The minimum atomic E-state index is -2.73. The van der Waals surface area contributed by atoms with Crippen molar-refractivity contribution in [2.24, 2.45) is 4.99 Å². The van der Waals surface area contributed by atoms with Crippen LogP contribution in [0.2, 0.25) is 0 Å². The van der Waals surface area contributed by atoms with Gasteiger partial charge < -0.3 is 4.90 Å². The Morgan fingerprint density at radius 1 is 1.16 bits per heavy atom. The molecule has 1 atom stereocenters.